The molecular formula is C17H22N4O2. The number of nitrogens with zero attached hydrogens (tertiary/aromatic N) is 3. The van der Waals surface area contributed by atoms with Gasteiger partial charge in [0.15, 0.2) is 0 Å². The number of aromatic amines is 1. The number of pyridine rings is 1. The van der Waals surface area contributed by atoms with Crippen LogP contribution in [-0.2, 0) is 17.7 Å². The molecule has 122 valence electrons. The second kappa shape index (κ2) is 7.48. The molecule has 1 unspecified atom stereocenters. The number of ether oxygens (including phenoxy) is 1. The zero-order valence-corrected chi connectivity index (χ0v) is 13.4. The van der Waals surface area contributed by atoms with Crippen LogP contribution in [-0.4, -0.2) is 45.7 Å². The molecule has 1 atom stereocenters. The van der Waals surface area contributed by atoms with E-state index in [9.17, 15) is 4.79 Å². The average molecular weight is 314 g/mol. The van der Waals surface area contributed by atoms with E-state index in [0.29, 0.717) is 0 Å². The lowest BCUT2D eigenvalue weighted by Gasteiger charge is -2.33. The van der Waals surface area contributed by atoms with Gasteiger partial charge in [-0.3, -0.25) is 14.7 Å². The number of rotatable bonds is 5. The Kier molecular flexibility index (Phi) is 5.15. The molecule has 0 aliphatic carbocycles. The molecule has 0 radical (unpaired) electrons. The molecular weight excluding hydrogens is 292 g/mol. The summed E-state index contributed by atoms with van der Waals surface area (Å²) in [6.45, 7) is 5.48. The van der Waals surface area contributed by atoms with Crippen molar-refractivity contribution in [2.24, 2.45) is 0 Å². The fourth-order valence-electron chi connectivity index (χ4n) is 2.80. The third kappa shape index (κ3) is 4.71. The lowest BCUT2D eigenvalue weighted by Crippen LogP contribution is -2.42. The summed E-state index contributed by atoms with van der Waals surface area (Å²) in [6.07, 6.45) is 5.21. The van der Waals surface area contributed by atoms with Crippen LogP contribution in [0.5, 0.6) is 0 Å². The van der Waals surface area contributed by atoms with Crippen molar-refractivity contribution in [1.29, 1.82) is 0 Å². The van der Waals surface area contributed by atoms with Gasteiger partial charge in [-0.1, -0.05) is 6.07 Å². The Bertz CT molecular complexity index is 683. The Morgan fingerprint density at radius 3 is 3.09 bits per heavy atom. The average Bonchev–Trinajstić information content (AvgIpc) is 2.56. The molecule has 0 saturated carbocycles. The van der Waals surface area contributed by atoms with Gasteiger partial charge in [0.25, 0.3) is 5.56 Å². The number of nitrogens with one attached hydrogen (secondary N) is 1. The summed E-state index contributed by atoms with van der Waals surface area (Å²) in [7, 11) is 0. The van der Waals surface area contributed by atoms with E-state index in [1.807, 2.05) is 19.2 Å². The van der Waals surface area contributed by atoms with E-state index in [2.05, 4.69) is 25.9 Å². The molecule has 3 rings (SSSR count). The Balaban J connectivity index is 1.51. The first-order valence-corrected chi connectivity index (χ1v) is 7.98. The lowest BCUT2D eigenvalue weighted by molar-refractivity contribution is -0.0347. The standard InChI is InChI=1S/C17H22N4O2/c1-13-2-3-14(9-18-13)10-21-6-7-23-16(11-21)5-4-15-8-17(22)20-12-19-15/h2-3,8-9,12,16H,4-7,10-11H2,1H3,(H,19,20,22). The Labute approximate surface area is 135 Å². The molecule has 1 N–H and O–H groups in total. The van der Waals surface area contributed by atoms with Gasteiger partial charge < -0.3 is 9.72 Å². The number of aromatic nitrogens is 3. The SMILES string of the molecule is Cc1ccc(CN2CCOC(CCc3cc(=O)[nH]cn3)C2)cn1. The largest absolute Gasteiger partial charge is 0.376 e. The van der Waals surface area contributed by atoms with Crippen LogP contribution in [0.1, 0.15) is 23.4 Å². The third-order valence-corrected chi connectivity index (χ3v) is 4.06. The van der Waals surface area contributed by atoms with Crippen LogP contribution < -0.4 is 5.56 Å². The van der Waals surface area contributed by atoms with Crippen molar-refractivity contribution in [2.45, 2.75) is 32.4 Å². The molecule has 0 amide bonds. The highest BCUT2D eigenvalue weighted by Crippen LogP contribution is 2.14. The van der Waals surface area contributed by atoms with Crippen molar-refractivity contribution in [3.8, 4) is 0 Å². The predicted molar refractivity (Wildman–Crippen MR) is 87.2 cm³/mol. The van der Waals surface area contributed by atoms with Gasteiger partial charge in [0, 0.05) is 43.3 Å². The van der Waals surface area contributed by atoms with Crippen molar-refractivity contribution in [3.63, 3.8) is 0 Å². The third-order valence-electron chi connectivity index (χ3n) is 4.06. The number of H-pyrrole nitrogens is 1. The maximum Gasteiger partial charge on any atom is 0.250 e. The normalized spacial score (nSPS) is 18.9. The first-order valence-electron chi connectivity index (χ1n) is 7.98. The van der Waals surface area contributed by atoms with E-state index < -0.39 is 0 Å². The molecule has 1 saturated heterocycles. The summed E-state index contributed by atoms with van der Waals surface area (Å²) in [5.74, 6) is 0. The minimum absolute atomic E-state index is 0.104. The van der Waals surface area contributed by atoms with Gasteiger partial charge in [0.1, 0.15) is 0 Å². The van der Waals surface area contributed by atoms with Crippen LogP contribution in [0.15, 0.2) is 35.5 Å². The van der Waals surface area contributed by atoms with Crippen LogP contribution in [0.3, 0.4) is 0 Å². The molecule has 2 aromatic rings. The van der Waals surface area contributed by atoms with E-state index >= 15 is 0 Å². The summed E-state index contributed by atoms with van der Waals surface area (Å²) in [5.41, 5.74) is 2.98. The Morgan fingerprint density at radius 1 is 1.39 bits per heavy atom. The van der Waals surface area contributed by atoms with Crippen LogP contribution >= 0.6 is 0 Å². The summed E-state index contributed by atoms with van der Waals surface area (Å²) < 4.78 is 5.85. The van der Waals surface area contributed by atoms with Gasteiger partial charge in [-0.05, 0) is 31.4 Å². The minimum Gasteiger partial charge on any atom is -0.376 e. The molecule has 1 aliphatic rings. The van der Waals surface area contributed by atoms with E-state index in [0.717, 1.165) is 50.5 Å². The first kappa shape index (κ1) is 15.8. The molecule has 1 fully saturated rings. The topological polar surface area (TPSA) is 71.1 Å². The van der Waals surface area contributed by atoms with Crippen LogP contribution in [0, 0.1) is 6.92 Å². The number of morpholine rings is 1. The van der Waals surface area contributed by atoms with Gasteiger partial charge in [-0.15, -0.1) is 0 Å². The molecule has 2 aromatic heterocycles. The fraction of sp³-hybridized carbons (Fsp3) is 0.471. The fourth-order valence-corrected chi connectivity index (χ4v) is 2.80. The van der Waals surface area contributed by atoms with Gasteiger partial charge in [-0.2, -0.15) is 0 Å². The zero-order chi connectivity index (χ0) is 16.1. The quantitative estimate of drug-likeness (QED) is 0.901. The summed E-state index contributed by atoms with van der Waals surface area (Å²) in [4.78, 5) is 24.7. The number of aryl methyl sites for hydroxylation is 2. The van der Waals surface area contributed by atoms with Gasteiger partial charge >= 0.3 is 0 Å². The molecule has 0 aromatic carbocycles. The molecule has 0 spiro atoms. The highest BCUT2D eigenvalue weighted by atomic mass is 16.5. The highest BCUT2D eigenvalue weighted by molar-refractivity contribution is 5.13. The van der Waals surface area contributed by atoms with Gasteiger partial charge in [0.2, 0.25) is 0 Å². The van der Waals surface area contributed by atoms with Crippen LogP contribution in [0.25, 0.3) is 0 Å². The van der Waals surface area contributed by atoms with Crippen molar-refractivity contribution in [1.82, 2.24) is 19.9 Å². The molecule has 3 heterocycles. The van der Waals surface area contributed by atoms with Crippen molar-refractivity contribution < 1.29 is 4.74 Å². The monoisotopic (exact) mass is 314 g/mol. The van der Waals surface area contributed by atoms with E-state index in [1.165, 1.54) is 11.9 Å². The highest BCUT2D eigenvalue weighted by Gasteiger charge is 2.20. The van der Waals surface area contributed by atoms with Crippen molar-refractivity contribution in [2.75, 3.05) is 19.7 Å². The molecule has 1 aliphatic heterocycles. The Hall–Kier alpha value is -2.05. The van der Waals surface area contributed by atoms with Crippen LogP contribution in [0.2, 0.25) is 0 Å². The predicted octanol–water partition coefficient (Wildman–Crippen LogP) is 1.31. The molecule has 23 heavy (non-hydrogen) atoms. The van der Waals surface area contributed by atoms with Crippen molar-refractivity contribution in [3.05, 3.63) is 58.0 Å². The van der Waals surface area contributed by atoms with Gasteiger partial charge in [0.05, 0.1) is 19.0 Å². The smallest absolute Gasteiger partial charge is 0.250 e. The first-order chi connectivity index (χ1) is 11.2. The molecule has 6 nitrogen and oxygen atoms in total. The zero-order valence-electron chi connectivity index (χ0n) is 13.4. The van der Waals surface area contributed by atoms with Crippen LogP contribution in [0.4, 0.5) is 0 Å². The number of hydrogen-bond donors (Lipinski definition) is 1. The van der Waals surface area contributed by atoms with Crippen molar-refractivity contribution >= 4 is 0 Å². The Morgan fingerprint density at radius 2 is 2.30 bits per heavy atom. The second-order valence-electron chi connectivity index (χ2n) is 5.98. The number of hydrogen-bond acceptors (Lipinski definition) is 5. The van der Waals surface area contributed by atoms with E-state index in [4.69, 9.17) is 4.74 Å². The van der Waals surface area contributed by atoms with E-state index in [1.54, 1.807) is 6.07 Å². The van der Waals surface area contributed by atoms with Gasteiger partial charge in [-0.25, -0.2) is 4.98 Å². The summed E-state index contributed by atoms with van der Waals surface area (Å²) in [5, 5.41) is 0. The summed E-state index contributed by atoms with van der Waals surface area (Å²) >= 11 is 0. The maximum atomic E-state index is 11.3. The lowest BCUT2D eigenvalue weighted by atomic mass is 10.1. The minimum atomic E-state index is -0.104. The molecule has 0 bridgehead atoms. The summed E-state index contributed by atoms with van der Waals surface area (Å²) in [6, 6.07) is 5.73. The van der Waals surface area contributed by atoms with E-state index in [-0.39, 0.29) is 11.7 Å². The second-order valence-corrected chi connectivity index (χ2v) is 5.98. The maximum absolute atomic E-state index is 11.3. The molecule has 6 heteroatoms.